The number of benzene rings is 1. The molecule has 13 nitrogen and oxygen atoms in total. The van der Waals surface area contributed by atoms with Crippen molar-refractivity contribution in [3.05, 3.63) is 35.2 Å². The predicted molar refractivity (Wildman–Crippen MR) is 160 cm³/mol. The first-order valence-corrected chi connectivity index (χ1v) is 14.8. The van der Waals surface area contributed by atoms with Crippen molar-refractivity contribution in [2.24, 2.45) is 5.92 Å². The Morgan fingerprint density at radius 1 is 1.21 bits per heavy atom. The number of aryl methyl sites for hydroxylation is 2. The number of morpholine rings is 1. The summed E-state index contributed by atoms with van der Waals surface area (Å²) >= 11 is 0. The number of hydrogen-bond donors (Lipinski definition) is 3. The zero-order valence-corrected chi connectivity index (χ0v) is 25.7. The molecule has 236 valence electrons. The van der Waals surface area contributed by atoms with Crippen LogP contribution in [-0.4, -0.2) is 115 Å². The van der Waals surface area contributed by atoms with Crippen LogP contribution in [0.2, 0.25) is 0 Å². The molecule has 0 spiro atoms. The molecule has 3 N–H and O–H groups in total. The molecule has 1 aromatic carbocycles. The van der Waals surface area contributed by atoms with Gasteiger partial charge in [-0.25, -0.2) is 4.79 Å². The van der Waals surface area contributed by atoms with E-state index in [1.165, 1.54) is 4.90 Å². The third-order valence-electron chi connectivity index (χ3n) is 8.02. The maximum atomic E-state index is 13.5. The normalized spacial score (nSPS) is 20.2. The number of aliphatic hydroxyl groups is 1. The fraction of sp³-hybridized carbons (Fsp3) is 0.600. The average Bonchev–Trinajstić information content (AvgIpc) is 3.32. The summed E-state index contributed by atoms with van der Waals surface area (Å²) in [5.41, 5.74) is 2.30. The zero-order valence-electron chi connectivity index (χ0n) is 25.7. The lowest BCUT2D eigenvalue weighted by Gasteiger charge is -2.34. The Balaban J connectivity index is 1.51. The van der Waals surface area contributed by atoms with E-state index in [9.17, 15) is 19.5 Å². The van der Waals surface area contributed by atoms with Gasteiger partial charge in [-0.15, -0.1) is 0 Å². The van der Waals surface area contributed by atoms with Crippen LogP contribution in [0.25, 0.3) is 0 Å². The van der Waals surface area contributed by atoms with Crippen LogP contribution in [0.4, 0.5) is 16.2 Å². The number of carbonyl (C=O) groups excluding carboxylic acids is 3. The number of anilines is 2. The standard InChI is InChI=1S/C30H44N6O7/c1-19-16-36(20(2)18-37)28(39)15-23-14-24(31-27(38)8-9-35-10-12-41-13-11-35)6-7-25(23)42-26(19)17-34(5)30(40)32-29-21(3)33-43-22(29)4/h6-7,14,19-20,26,37H,8-13,15-18H2,1-5H3,(H,31,38)(H,32,40)/t19-,20-,26-/m1/s1. The number of hydrogen-bond acceptors (Lipinski definition) is 9. The molecule has 3 heterocycles. The molecule has 2 aromatic rings. The lowest BCUT2D eigenvalue weighted by atomic mass is 10.0. The lowest BCUT2D eigenvalue weighted by molar-refractivity contribution is -0.134. The van der Waals surface area contributed by atoms with Gasteiger partial charge < -0.3 is 39.5 Å². The highest BCUT2D eigenvalue weighted by Gasteiger charge is 2.32. The zero-order chi connectivity index (χ0) is 31.1. The van der Waals surface area contributed by atoms with Crippen LogP contribution < -0.4 is 15.4 Å². The molecule has 3 atom stereocenters. The minimum absolute atomic E-state index is 0.0406. The molecule has 1 aromatic heterocycles. The molecule has 0 saturated carbocycles. The van der Waals surface area contributed by atoms with Gasteiger partial charge in [0.25, 0.3) is 0 Å². The van der Waals surface area contributed by atoms with Gasteiger partial charge in [-0.1, -0.05) is 12.1 Å². The monoisotopic (exact) mass is 600 g/mol. The number of aliphatic hydroxyl groups excluding tert-OH is 1. The first-order valence-electron chi connectivity index (χ1n) is 14.8. The lowest BCUT2D eigenvalue weighted by Crippen LogP contribution is -2.48. The van der Waals surface area contributed by atoms with E-state index in [4.69, 9.17) is 14.0 Å². The molecular weight excluding hydrogens is 556 g/mol. The summed E-state index contributed by atoms with van der Waals surface area (Å²) in [6, 6.07) is 4.53. The predicted octanol–water partition coefficient (Wildman–Crippen LogP) is 2.27. The number of carbonyl (C=O) groups is 3. The fourth-order valence-corrected chi connectivity index (χ4v) is 5.25. The smallest absolute Gasteiger partial charge is 0.321 e. The highest BCUT2D eigenvalue weighted by molar-refractivity contribution is 5.91. The molecule has 0 unspecified atom stereocenters. The molecule has 1 saturated heterocycles. The molecule has 0 radical (unpaired) electrons. The van der Waals surface area contributed by atoms with Crippen LogP contribution in [0.5, 0.6) is 5.75 Å². The molecule has 2 aliphatic heterocycles. The number of fused-ring (bicyclic) bond motifs is 1. The summed E-state index contributed by atoms with van der Waals surface area (Å²) in [5.74, 6) is 0.567. The first kappa shape index (κ1) is 32.2. The quantitative estimate of drug-likeness (QED) is 0.394. The number of aromatic nitrogens is 1. The van der Waals surface area contributed by atoms with Crippen molar-refractivity contribution >= 4 is 29.2 Å². The van der Waals surface area contributed by atoms with E-state index in [2.05, 4.69) is 20.7 Å². The summed E-state index contributed by atoms with van der Waals surface area (Å²) in [4.78, 5) is 44.7. The van der Waals surface area contributed by atoms with Gasteiger partial charge in [-0.05, 0) is 39.0 Å². The topological polar surface area (TPSA) is 150 Å². The Morgan fingerprint density at radius 3 is 2.63 bits per heavy atom. The number of nitrogens with one attached hydrogen (secondary N) is 2. The molecular formula is C30H44N6O7. The second-order valence-corrected chi connectivity index (χ2v) is 11.5. The summed E-state index contributed by atoms with van der Waals surface area (Å²) in [6.45, 7) is 11.2. The molecule has 0 aliphatic carbocycles. The fourth-order valence-electron chi connectivity index (χ4n) is 5.25. The largest absolute Gasteiger partial charge is 0.488 e. The number of ether oxygens (including phenoxy) is 2. The third kappa shape index (κ3) is 8.46. The van der Waals surface area contributed by atoms with Crippen LogP contribution in [0, 0.1) is 19.8 Å². The Labute approximate surface area is 252 Å². The number of nitrogens with zero attached hydrogens (tertiary/aromatic N) is 4. The minimum Gasteiger partial charge on any atom is -0.488 e. The molecule has 13 heteroatoms. The number of urea groups is 1. The van der Waals surface area contributed by atoms with Crippen molar-refractivity contribution in [3.8, 4) is 5.75 Å². The van der Waals surface area contributed by atoms with E-state index in [0.29, 0.717) is 66.9 Å². The molecule has 43 heavy (non-hydrogen) atoms. The van der Waals surface area contributed by atoms with Gasteiger partial charge in [-0.2, -0.15) is 0 Å². The molecule has 4 amide bonds. The second-order valence-electron chi connectivity index (χ2n) is 11.5. The summed E-state index contributed by atoms with van der Waals surface area (Å²) in [6.07, 6.45) is -0.0951. The average molecular weight is 601 g/mol. The third-order valence-corrected chi connectivity index (χ3v) is 8.02. The van der Waals surface area contributed by atoms with Crippen molar-refractivity contribution in [2.45, 2.75) is 52.7 Å². The van der Waals surface area contributed by atoms with Crippen molar-refractivity contribution < 1.29 is 33.5 Å². The van der Waals surface area contributed by atoms with Gasteiger partial charge in [0.15, 0.2) is 5.76 Å². The molecule has 1 fully saturated rings. The molecule has 4 rings (SSSR count). The second kappa shape index (κ2) is 14.7. The van der Waals surface area contributed by atoms with Crippen LogP contribution >= 0.6 is 0 Å². The number of likely N-dealkylation sites (N-methyl/N-ethyl adjacent to an activating group) is 1. The van der Waals surface area contributed by atoms with E-state index < -0.39 is 12.1 Å². The summed E-state index contributed by atoms with van der Waals surface area (Å²) in [7, 11) is 1.67. The maximum Gasteiger partial charge on any atom is 0.321 e. The Bertz CT molecular complexity index is 1260. The summed E-state index contributed by atoms with van der Waals surface area (Å²) < 4.78 is 17.0. The van der Waals surface area contributed by atoms with Gasteiger partial charge in [0.2, 0.25) is 11.8 Å². The van der Waals surface area contributed by atoms with Crippen LogP contribution in [0.15, 0.2) is 22.7 Å². The van der Waals surface area contributed by atoms with Gasteiger partial charge >= 0.3 is 6.03 Å². The minimum atomic E-state index is -0.479. The van der Waals surface area contributed by atoms with Gasteiger partial charge in [0, 0.05) is 56.8 Å². The number of amides is 4. The van der Waals surface area contributed by atoms with Crippen molar-refractivity contribution in [1.82, 2.24) is 19.9 Å². The van der Waals surface area contributed by atoms with E-state index in [-0.39, 0.29) is 43.3 Å². The highest BCUT2D eigenvalue weighted by Crippen LogP contribution is 2.29. The van der Waals surface area contributed by atoms with E-state index in [0.717, 1.165) is 13.1 Å². The molecule has 0 bridgehead atoms. The summed E-state index contributed by atoms with van der Waals surface area (Å²) in [5, 5.41) is 19.6. The number of rotatable bonds is 9. The van der Waals surface area contributed by atoms with E-state index in [1.54, 1.807) is 50.9 Å². The van der Waals surface area contributed by atoms with Crippen molar-refractivity contribution in [2.75, 3.05) is 70.2 Å². The van der Waals surface area contributed by atoms with Gasteiger partial charge in [-0.3, -0.25) is 14.5 Å². The van der Waals surface area contributed by atoms with Crippen LogP contribution in [-0.2, 0) is 20.7 Å². The highest BCUT2D eigenvalue weighted by atomic mass is 16.5. The van der Waals surface area contributed by atoms with Crippen molar-refractivity contribution in [3.63, 3.8) is 0 Å². The maximum absolute atomic E-state index is 13.5. The van der Waals surface area contributed by atoms with Crippen molar-refractivity contribution in [1.29, 1.82) is 0 Å². The molecule has 2 aliphatic rings. The van der Waals surface area contributed by atoms with Crippen LogP contribution in [0.3, 0.4) is 0 Å². The first-order chi connectivity index (χ1) is 20.5. The Kier molecular flexibility index (Phi) is 11.0. The van der Waals surface area contributed by atoms with Crippen LogP contribution in [0.1, 0.15) is 37.3 Å². The SMILES string of the molecule is Cc1noc(C)c1NC(=O)N(C)C[C@H]1Oc2ccc(NC(=O)CCN3CCOCC3)cc2CC(=O)N([C@H](C)CO)C[C@H]1C. The Hall–Kier alpha value is -3.68. The van der Waals surface area contributed by atoms with E-state index in [1.807, 2.05) is 6.92 Å². The Morgan fingerprint density at radius 2 is 1.95 bits per heavy atom. The van der Waals surface area contributed by atoms with Gasteiger partial charge in [0.1, 0.15) is 23.2 Å². The van der Waals surface area contributed by atoms with Gasteiger partial charge in [0.05, 0.1) is 38.8 Å². The van der Waals surface area contributed by atoms with E-state index >= 15 is 0 Å².